The van der Waals surface area contributed by atoms with E-state index >= 15 is 0 Å². The highest BCUT2D eigenvalue weighted by atomic mass is 127. The first kappa shape index (κ1) is 15.0. The van der Waals surface area contributed by atoms with Gasteiger partial charge in [0.2, 0.25) is 0 Å². The Balaban J connectivity index is 2.71. The van der Waals surface area contributed by atoms with E-state index in [1.165, 1.54) is 23.5 Å². The molecular weight excluding hydrogens is 367 g/mol. The lowest BCUT2D eigenvalue weighted by Crippen LogP contribution is -1.92. The normalized spacial score (nSPS) is 10.3. The summed E-state index contributed by atoms with van der Waals surface area (Å²) >= 11 is 4.88. The van der Waals surface area contributed by atoms with Gasteiger partial charge >= 0.3 is 0 Å². The molecule has 2 nitrogen and oxygen atoms in total. The van der Waals surface area contributed by atoms with E-state index in [-0.39, 0.29) is 10.2 Å². The summed E-state index contributed by atoms with van der Waals surface area (Å²) in [4.78, 5) is 21.8. The van der Waals surface area contributed by atoms with Crippen LogP contribution in [0.2, 0.25) is 0 Å². The first-order valence-electron chi connectivity index (χ1n) is 5.02. The van der Waals surface area contributed by atoms with Crippen LogP contribution in [0, 0.1) is 3.57 Å². The summed E-state index contributed by atoms with van der Waals surface area (Å²) in [5.74, 6) is 1.40. The Hall–Kier alpha value is -0.0100. The van der Waals surface area contributed by atoms with Gasteiger partial charge in [0.1, 0.15) is 0 Å². The van der Waals surface area contributed by atoms with Gasteiger partial charge < -0.3 is 0 Å². The number of hydrogen-bond acceptors (Lipinski definition) is 4. The van der Waals surface area contributed by atoms with Crippen molar-refractivity contribution in [3.05, 3.63) is 32.9 Å². The Bertz CT molecular complexity index is 396. The van der Waals surface area contributed by atoms with Crippen LogP contribution in [-0.4, -0.2) is 10.2 Å². The molecular formula is C12H13IO2S2. The Labute approximate surface area is 123 Å². The molecule has 0 spiro atoms. The van der Waals surface area contributed by atoms with E-state index in [4.69, 9.17) is 0 Å². The van der Waals surface area contributed by atoms with Gasteiger partial charge in [-0.1, -0.05) is 29.6 Å². The van der Waals surface area contributed by atoms with Crippen LogP contribution in [-0.2, 0) is 21.1 Å². The molecule has 0 atom stereocenters. The van der Waals surface area contributed by atoms with Gasteiger partial charge in [0.15, 0.2) is 10.2 Å². The van der Waals surface area contributed by atoms with E-state index < -0.39 is 0 Å². The fourth-order valence-electron chi connectivity index (χ4n) is 1.25. The number of carbonyl (C=O) groups excluding carboxylic acids is 2. The maximum atomic E-state index is 10.9. The number of thioether (sulfide) groups is 2. The predicted octanol–water partition coefficient (Wildman–Crippen LogP) is 3.85. The zero-order chi connectivity index (χ0) is 12.8. The summed E-state index contributed by atoms with van der Waals surface area (Å²) in [5.41, 5.74) is 2.27. The van der Waals surface area contributed by atoms with E-state index in [1.54, 1.807) is 13.8 Å². The monoisotopic (exact) mass is 380 g/mol. The van der Waals surface area contributed by atoms with Crippen LogP contribution >= 0.6 is 46.1 Å². The highest BCUT2D eigenvalue weighted by Crippen LogP contribution is 2.21. The largest absolute Gasteiger partial charge is 0.288 e. The minimum atomic E-state index is 0.128. The number of carbonyl (C=O) groups is 2. The van der Waals surface area contributed by atoms with Crippen molar-refractivity contribution in [3.63, 3.8) is 0 Å². The topological polar surface area (TPSA) is 34.1 Å². The Kier molecular flexibility index (Phi) is 6.58. The number of rotatable bonds is 4. The van der Waals surface area contributed by atoms with E-state index in [0.29, 0.717) is 11.5 Å². The third kappa shape index (κ3) is 6.47. The molecule has 0 aromatic heterocycles. The van der Waals surface area contributed by atoms with Crippen LogP contribution < -0.4 is 0 Å². The third-order valence-electron chi connectivity index (χ3n) is 1.90. The van der Waals surface area contributed by atoms with Crippen molar-refractivity contribution in [3.8, 4) is 0 Å². The maximum Gasteiger partial charge on any atom is 0.186 e. The molecule has 1 aromatic rings. The number of halogens is 1. The molecule has 0 amide bonds. The van der Waals surface area contributed by atoms with Crippen LogP contribution in [0.5, 0.6) is 0 Å². The quantitative estimate of drug-likeness (QED) is 0.744. The van der Waals surface area contributed by atoms with Crippen molar-refractivity contribution in [2.75, 3.05) is 0 Å². The molecule has 0 aliphatic heterocycles. The Morgan fingerprint density at radius 1 is 1.00 bits per heavy atom. The lowest BCUT2D eigenvalue weighted by Gasteiger charge is -2.05. The second kappa shape index (κ2) is 7.43. The average Bonchev–Trinajstić information content (AvgIpc) is 2.23. The summed E-state index contributed by atoms with van der Waals surface area (Å²) < 4.78 is 1.14. The molecule has 1 aromatic carbocycles. The van der Waals surface area contributed by atoms with Crippen LogP contribution in [0.4, 0.5) is 0 Å². The molecule has 0 saturated carbocycles. The first-order valence-corrected chi connectivity index (χ1v) is 8.07. The van der Waals surface area contributed by atoms with Crippen LogP contribution in [0.1, 0.15) is 25.0 Å². The lowest BCUT2D eigenvalue weighted by atomic mass is 10.2. The van der Waals surface area contributed by atoms with Crippen molar-refractivity contribution >= 4 is 56.3 Å². The number of hydrogen-bond donors (Lipinski definition) is 0. The average molecular weight is 380 g/mol. The fourth-order valence-corrected chi connectivity index (χ4v) is 3.13. The molecule has 0 unspecified atom stereocenters. The van der Waals surface area contributed by atoms with Gasteiger partial charge in [0.25, 0.3) is 0 Å². The van der Waals surface area contributed by atoms with Crippen molar-refractivity contribution in [1.82, 2.24) is 0 Å². The van der Waals surface area contributed by atoms with Crippen molar-refractivity contribution in [2.24, 2.45) is 0 Å². The summed E-state index contributed by atoms with van der Waals surface area (Å²) in [5, 5.41) is 0.257. The predicted molar refractivity (Wildman–Crippen MR) is 83.1 cm³/mol. The molecule has 92 valence electrons. The SMILES string of the molecule is CC(=O)SCc1cc(I)cc(CSC(C)=O)c1. The number of benzene rings is 1. The molecule has 0 N–H and O–H groups in total. The van der Waals surface area contributed by atoms with Gasteiger partial charge in [-0.3, -0.25) is 9.59 Å². The standard InChI is InChI=1S/C12H13IO2S2/c1-8(14)16-6-10-3-11(5-12(13)4-10)7-17-9(2)15/h3-5H,6-7H2,1-2H3. The molecule has 0 heterocycles. The molecule has 0 fully saturated rings. The zero-order valence-electron chi connectivity index (χ0n) is 9.66. The van der Waals surface area contributed by atoms with Crippen molar-refractivity contribution in [1.29, 1.82) is 0 Å². The summed E-state index contributed by atoms with van der Waals surface area (Å²) in [6, 6.07) is 6.20. The van der Waals surface area contributed by atoms with Gasteiger partial charge in [-0.05, 0) is 45.9 Å². The van der Waals surface area contributed by atoms with Crippen molar-refractivity contribution in [2.45, 2.75) is 25.4 Å². The molecule has 0 aliphatic rings. The Morgan fingerprint density at radius 3 is 1.76 bits per heavy atom. The molecule has 5 heteroatoms. The molecule has 1 rings (SSSR count). The minimum absolute atomic E-state index is 0.128. The molecule has 0 bridgehead atoms. The molecule has 0 radical (unpaired) electrons. The van der Waals surface area contributed by atoms with Crippen LogP contribution in [0.25, 0.3) is 0 Å². The Morgan fingerprint density at radius 2 is 1.41 bits per heavy atom. The molecule has 17 heavy (non-hydrogen) atoms. The highest BCUT2D eigenvalue weighted by molar-refractivity contribution is 14.1. The minimum Gasteiger partial charge on any atom is -0.288 e. The first-order chi connectivity index (χ1) is 7.97. The van der Waals surface area contributed by atoms with Gasteiger partial charge in [-0.15, -0.1) is 0 Å². The second-order valence-corrected chi connectivity index (χ2v) is 7.08. The maximum absolute atomic E-state index is 10.9. The van der Waals surface area contributed by atoms with Gasteiger partial charge in [-0.25, -0.2) is 0 Å². The van der Waals surface area contributed by atoms with E-state index in [9.17, 15) is 9.59 Å². The molecule has 0 saturated heterocycles. The van der Waals surface area contributed by atoms with Gasteiger partial charge in [-0.2, -0.15) is 0 Å². The molecule has 0 aliphatic carbocycles. The smallest absolute Gasteiger partial charge is 0.186 e. The van der Waals surface area contributed by atoms with E-state index in [0.717, 1.165) is 14.7 Å². The van der Waals surface area contributed by atoms with Crippen LogP contribution in [0.15, 0.2) is 18.2 Å². The summed E-state index contributed by atoms with van der Waals surface area (Å²) in [6.45, 7) is 3.15. The zero-order valence-corrected chi connectivity index (χ0v) is 13.4. The third-order valence-corrected chi connectivity index (χ3v) is 4.29. The van der Waals surface area contributed by atoms with E-state index in [2.05, 4.69) is 40.8 Å². The second-order valence-electron chi connectivity index (χ2n) is 3.53. The highest BCUT2D eigenvalue weighted by Gasteiger charge is 2.03. The van der Waals surface area contributed by atoms with Crippen molar-refractivity contribution < 1.29 is 9.59 Å². The fraction of sp³-hybridized carbons (Fsp3) is 0.333. The lowest BCUT2D eigenvalue weighted by molar-refractivity contribution is -0.109. The van der Waals surface area contributed by atoms with Gasteiger partial charge in [0.05, 0.1) is 0 Å². The van der Waals surface area contributed by atoms with Crippen LogP contribution in [0.3, 0.4) is 0 Å². The van der Waals surface area contributed by atoms with Gasteiger partial charge in [0, 0.05) is 28.9 Å². The summed E-state index contributed by atoms with van der Waals surface area (Å²) in [7, 11) is 0. The summed E-state index contributed by atoms with van der Waals surface area (Å²) in [6.07, 6.45) is 0. The van der Waals surface area contributed by atoms with E-state index in [1.807, 2.05) is 0 Å².